The van der Waals surface area contributed by atoms with E-state index < -0.39 is 0 Å². The molecule has 0 saturated heterocycles. The first-order valence-corrected chi connectivity index (χ1v) is 9.51. The van der Waals surface area contributed by atoms with Crippen molar-refractivity contribution in [2.24, 2.45) is 0 Å². The number of benzene rings is 2. The molecule has 6 heteroatoms. The van der Waals surface area contributed by atoms with Crippen LogP contribution in [0.3, 0.4) is 0 Å². The summed E-state index contributed by atoms with van der Waals surface area (Å²) in [5.74, 6) is 0.436. The molecule has 0 radical (unpaired) electrons. The Morgan fingerprint density at radius 2 is 2.00 bits per heavy atom. The molecule has 2 N–H and O–H groups in total. The van der Waals surface area contributed by atoms with Gasteiger partial charge in [-0.3, -0.25) is 4.68 Å². The van der Waals surface area contributed by atoms with Crippen molar-refractivity contribution in [1.29, 1.82) is 5.26 Å². The average Bonchev–Trinajstić information content (AvgIpc) is 2.99. The van der Waals surface area contributed by atoms with Crippen LogP contribution in [-0.4, -0.2) is 9.78 Å². The maximum atomic E-state index is 9.07. The van der Waals surface area contributed by atoms with Crippen molar-refractivity contribution in [3.63, 3.8) is 0 Å². The number of rotatable bonds is 6. The normalized spacial score (nSPS) is 10.8. The molecule has 0 bridgehead atoms. The first kappa shape index (κ1) is 20.2. The van der Waals surface area contributed by atoms with E-state index in [1.54, 1.807) is 18.3 Å². The van der Waals surface area contributed by atoms with Crippen molar-refractivity contribution >= 4 is 23.1 Å². The molecular formula is C23H22ClN5. The quantitative estimate of drug-likeness (QED) is 0.590. The minimum atomic E-state index is 0.403. The fraction of sp³-hybridized carbons (Fsp3) is 0.130. The smallest absolute Gasteiger partial charge is 0.153 e. The van der Waals surface area contributed by atoms with Crippen LogP contribution in [0.4, 0.5) is 11.5 Å². The number of nitrogen functional groups attached to an aromatic ring is 1. The van der Waals surface area contributed by atoms with Crippen molar-refractivity contribution in [3.8, 4) is 17.2 Å². The van der Waals surface area contributed by atoms with E-state index in [0.29, 0.717) is 22.9 Å². The number of nitriles is 1. The first-order valence-electron chi connectivity index (χ1n) is 9.14. The van der Waals surface area contributed by atoms with Gasteiger partial charge in [0, 0.05) is 29.3 Å². The maximum absolute atomic E-state index is 9.07. The van der Waals surface area contributed by atoms with E-state index in [4.69, 9.17) is 22.6 Å². The Labute approximate surface area is 175 Å². The van der Waals surface area contributed by atoms with Crippen LogP contribution in [0.2, 0.25) is 5.02 Å². The predicted octanol–water partition coefficient (Wildman–Crippen LogP) is 5.50. The number of nitrogens with zero attached hydrogens (tertiary/aromatic N) is 4. The number of allylic oxidation sites excluding steroid dienone is 1. The Morgan fingerprint density at radius 3 is 2.59 bits per heavy atom. The molecule has 0 spiro atoms. The highest BCUT2D eigenvalue weighted by Gasteiger charge is 2.16. The predicted molar refractivity (Wildman–Crippen MR) is 120 cm³/mol. The molecule has 0 aliphatic rings. The molecule has 2 aromatic carbocycles. The van der Waals surface area contributed by atoms with Gasteiger partial charge in [-0.25, -0.2) is 0 Å². The number of hydrogen-bond donors (Lipinski definition) is 1. The zero-order valence-corrected chi connectivity index (χ0v) is 17.2. The second kappa shape index (κ2) is 8.68. The van der Waals surface area contributed by atoms with Crippen LogP contribution in [0, 0.1) is 18.3 Å². The molecule has 3 aromatic rings. The van der Waals surface area contributed by atoms with Crippen LogP contribution in [0.25, 0.3) is 11.1 Å². The summed E-state index contributed by atoms with van der Waals surface area (Å²) in [6.07, 6.45) is 5.68. The van der Waals surface area contributed by atoms with E-state index in [0.717, 1.165) is 28.1 Å². The van der Waals surface area contributed by atoms with Crippen molar-refractivity contribution in [2.75, 3.05) is 10.6 Å². The number of halogens is 1. The van der Waals surface area contributed by atoms with E-state index in [-0.39, 0.29) is 0 Å². The zero-order chi connectivity index (χ0) is 21.0. The van der Waals surface area contributed by atoms with Crippen molar-refractivity contribution < 1.29 is 0 Å². The summed E-state index contributed by atoms with van der Waals surface area (Å²) in [7, 11) is 0. The van der Waals surface area contributed by atoms with E-state index in [2.05, 4.69) is 29.9 Å². The van der Waals surface area contributed by atoms with Crippen LogP contribution >= 0.6 is 11.6 Å². The van der Waals surface area contributed by atoms with E-state index in [1.807, 2.05) is 53.9 Å². The highest BCUT2D eigenvalue weighted by atomic mass is 35.5. The summed E-state index contributed by atoms with van der Waals surface area (Å²) in [5.41, 5.74) is 11.4. The Morgan fingerprint density at radius 1 is 1.28 bits per heavy atom. The van der Waals surface area contributed by atoms with Crippen molar-refractivity contribution in [3.05, 3.63) is 89.4 Å². The van der Waals surface area contributed by atoms with Crippen LogP contribution < -0.4 is 10.6 Å². The van der Waals surface area contributed by atoms with Gasteiger partial charge < -0.3 is 10.6 Å². The summed E-state index contributed by atoms with van der Waals surface area (Å²) in [4.78, 5) is 1.95. The van der Waals surface area contributed by atoms with E-state index in [1.165, 1.54) is 0 Å². The minimum absolute atomic E-state index is 0.403. The molecule has 0 unspecified atom stereocenters. The Kier molecular flexibility index (Phi) is 6.06. The van der Waals surface area contributed by atoms with Crippen LogP contribution in [0.15, 0.2) is 67.5 Å². The van der Waals surface area contributed by atoms with Gasteiger partial charge in [-0.2, -0.15) is 10.4 Å². The van der Waals surface area contributed by atoms with Gasteiger partial charge in [-0.1, -0.05) is 42.5 Å². The van der Waals surface area contributed by atoms with Gasteiger partial charge in [0.2, 0.25) is 0 Å². The van der Waals surface area contributed by atoms with Gasteiger partial charge in [0.25, 0.3) is 0 Å². The lowest BCUT2D eigenvalue weighted by Crippen LogP contribution is -2.07. The molecule has 0 atom stereocenters. The Bertz CT molecular complexity index is 1100. The highest BCUT2D eigenvalue weighted by Crippen LogP contribution is 2.32. The SMILES string of the molecule is C=CN(/C=C\C)c1ccc(Cn2nc(N)c(-c3ccc(C#N)c(Cl)c3)c2C)cc1. The molecule has 1 aromatic heterocycles. The summed E-state index contributed by atoms with van der Waals surface area (Å²) >= 11 is 6.19. The van der Waals surface area contributed by atoms with Gasteiger partial charge >= 0.3 is 0 Å². The number of nitrogens with two attached hydrogens (primary N) is 1. The molecule has 0 aliphatic carbocycles. The monoisotopic (exact) mass is 403 g/mol. The van der Waals surface area contributed by atoms with Crippen molar-refractivity contribution in [1.82, 2.24) is 9.78 Å². The average molecular weight is 404 g/mol. The molecule has 0 saturated carbocycles. The molecule has 0 amide bonds. The van der Waals surface area contributed by atoms with Gasteiger partial charge in [-0.05, 0) is 49.2 Å². The number of hydrogen-bond acceptors (Lipinski definition) is 4. The third kappa shape index (κ3) is 4.18. The third-order valence-electron chi connectivity index (χ3n) is 4.68. The molecule has 5 nitrogen and oxygen atoms in total. The minimum Gasteiger partial charge on any atom is -0.382 e. The molecule has 0 fully saturated rings. The summed E-state index contributed by atoms with van der Waals surface area (Å²) in [5, 5.41) is 14.0. The molecule has 1 heterocycles. The van der Waals surface area contributed by atoms with Crippen molar-refractivity contribution in [2.45, 2.75) is 20.4 Å². The molecule has 146 valence electrons. The molecule has 0 aliphatic heterocycles. The van der Waals surface area contributed by atoms with Crippen LogP contribution in [0.5, 0.6) is 0 Å². The first-order chi connectivity index (χ1) is 14.0. The zero-order valence-electron chi connectivity index (χ0n) is 16.4. The number of aromatic nitrogens is 2. The Hall–Kier alpha value is -3.49. The third-order valence-corrected chi connectivity index (χ3v) is 5.00. The highest BCUT2D eigenvalue weighted by molar-refractivity contribution is 6.32. The maximum Gasteiger partial charge on any atom is 0.153 e. The standard InChI is InChI=1S/C23H22ClN5/c1-4-12-28(5-2)20-10-6-17(7-11-20)15-29-16(3)22(23(26)27-29)18-8-9-19(14-25)21(24)13-18/h4-13H,2,15H2,1,3H3,(H2,26,27)/b12-4-. The van der Waals surface area contributed by atoms with E-state index >= 15 is 0 Å². The fourth-order valence-electron chi connectivity index (χ4n) is 3.20. The topological polar surface area (TPSA) is 70.9 Å². The van der Waals surface area contributed by atoms with Gasteiger partial charge in [0.15, 0.2) is 5.82 Å². The van der Waals surface area contributed by atoms with Gasteiger partial charge in [-0.15, -0.1) is 0 Å². The Balaban J connectivity index is 1.88. The van der Waals surface area contributed by atoms with Gasteiger partial charge in [0.1, 0.15) is 6.07 Å². The summed E-state index contributed by atoms with van der Waals surface area (Å²) in [6.45, 7) is 8.37. The second-order valence-electron chi connectivity index (χ2n) is 6.55. The van der Waals surface area contributed by atoms with Gasteiger partial charge in [0.05, 0.1) is 17.1 Å². The summed E-state index contributed by atoms with van der Waals surface area (Å²) < 4.78 is 1.88. The van der Waals surface area contributed by atoms with Crippen LogP contribution in [0.1, 0.15) is 23.7 Å². The van der Waals surface area contributed by atoms with E-state index in [9.17, 15) is 0 Å². The second-order valence-corrected chi connectivity index (χ2v) is 6.96. The molecule has 3 rings (SSSR count). The molecular weight excluding hydrogens is 382 g/mol. The number of anilines is 2. The summed E-state index contributed by atoms with van der Waals surface area (Å²) in [6, 6.07) is 15.6. The lowest BCUT2D eigenvalue weighted by molar-refractivity contribution is 0.668. The van der Waals surface area contributed by atoms with Crippen LogP contribution in [-0.2, 0) is 6.54 Å². The fourth-order valence-corrected chi connectivity index (χ4v) is 3.42. The molecule has 29 heavy (non-hydrogen) atoms. The lowest BCUT2D eigenvalue weighted by Gasteiger charge is -2.15. The largest absolute Gasteiger partial charge is 0.382 e. The lowest BCUT2D eigenvalue weighted by atomic mass is 10.0.